The Morgan fingerprint density at radius 1 is 1.42 bits per heavy atom. The van der Waals surface area contributed by atoms with Crippen molar-refractivity contribution in [1.29, 1.82) is 0 Å². The van der Waals surface area contributed by atoms with E-state index in [1.54, 1.807) is 25.1 Å². The van der Waals surface area contributed by atoms with Crippen molar-refractivity contribution in [1.82, 2.24) is 5.48 Å². The summed E-state index contributed by atoms with van der Waals surface area (Å²) in [4.78, 5) is 0. The highest BCUT2D eigenvalue weighted by Gasteiger charge is 2.07. The van der Waals surface area contributed by atoms with Crippen LogP contribution in [0.15, 0.2) is 18.2 Å². The second kappa shape index (κ2) is 4.10. The second-order valence-corrected chi connectivity index (χ2v) is 3.36. The van der Waals surface area contributed by atoms with Crippen LogP contribution >= 0.6 is 23.2 Å². The van der Waals surface area contributed by atoms with E-state index in [9.17, 15) is 0 Å². The Hall–Kier alpha value is -0.280. The molecule has 0 bridgehead atoms. The van der Waals surface area contributed by atoms with Gasteiger partial charge in [-0.2, -0.15) is 5.48 Å². The molecule has 1 aromatic rings. The molecule has 0 fully saturated rings. The maximum absolute atomic E-state index is 8.64. The van der Waals surface area contributed by atoms with E-state index in [2.05, 4.69) is 5.48 Å². The fourth-order valence-corrected chi connectivity index (χ4v) is 1.49. The SMILES string of the molecule is C[C@H](NO)c1ccc(Cl)cc1Cl. The minimum atomic E-state index is -0.185. The van der Waals surface area contributed by atoms with Gasteiger partial charge in [-0.05, 0) is 24.6 Å². The number of halogens is 2. The Balaban J connectivity index is 3.01. The summed E-state index contributed by atoms with van der Waals surface area (Å²) in [6.45, 7) is 1.80. The standard InChI is InChI=1S/C8H9Cl2NO/c1-5(11-12)7-3-2-6(9)4-8(7)10/h2-5,11-12H,1H3/t5-/m0/s1. The minimum absolute atomic E-state index is 0.185. The molecule has 1 atom stereocenters. The highest BCUT2D eigenvalue weighted by Crippen LogP contribution is 2.25. The van der Waals surface area contributed by atoms with Gasteiger partial charge in [0.15, 0.2) is 0 Å². The van der Waals surface area contributed by atoms with Crippen molar-refractivity contribution in [3.05, 3.63) is 33.8 Å². The first kappa shape index (κ1) is 9.81. The van der Waals surface area contributed by atoms with Crippen molar-refractivity contribution >= 4 is 23.2 Å². The molecule has 0 aliphatic heterocycles. The second-order valence-electron chi connectivity index (χ2n) is 2.52. The third-order valence-corrected chi connectivity index (χ3v) is 2.19. The van der Waals surface area contributed by atoms with Crippen molar-refractivity contribution in [3.8, 4) is 0 Å². The largest absolute Gasteiger partial charge is 0.316 e. The molecule has 0 unspecified atom stereocenters. The lowest BCUT2D eigenvalue weighted by atomic mass is 10.1. The number of benzene rings is 1. The Kier molecular flexibility index (Phi) is 3.35. The van der Waals surface area contributed by atoms with Gasteiger partial charge >= 0.3 is 0 Å². The summed E-state index contributed by atoms with van der Waals surface area (Å²) in [7, 11) is 0. The Morgan fingerprint density at radius 2 is 2.08 bits per heavy atom. The molecule has 66 valence electrons. The first-order valence-corrected chi connectivity index (χ1v) is 4.25. The lowest BCUT2D eigenvalue weighted by Gasteiger charge is -2.10. The molecule has 1 rings (SSSR count). The molecule has 2 N–H and O–H groups in total. The van der Waals surface area contributed by atoms with Crippen LogP contribution in [0.3, 0.4) is 0 Å². The molecular formula is C8H9Cl2NO. The van der Waals surface area contributed by atoms with Crippen LogP contribution in [0.1, 0.15) is 18.5 Å². The summed E-state index contributed by atoms with van der Waals surface area (Å²) in [6, 6.07) is 4.97. The number of hydrogen-bond donors (Lipinski definition) is 2. The molecular weight excluding hydrogens is 197 g/mol. The molecule has 0 aliphatic rings. The third-order valence-electron chi connectivity index (χ3n) is 1.62. The monoisotopic (exact) mass is 205 g/mol. The molecule has 1 aromatic carbocycles. The van der Waals surface area contributed by atoms with Crippen LogP contribution in [0, 0.1) is 0 Å². The molecule has 12 heavy (non-hydrogen) atoms. The van der Waals surface area contributed by atoms with E-state index in [1.807, 2.05) is 0 Å². The van der Waals surface area contributed by atoms with Crippen LogP contribution in [0.2, 0.25) is 10.0 Å². The fourth-order valence-electron chi connectivity index (χ4n) is 0.922. The summed E-state index contributed by atoms with van der Waals surface area (Å²) in [5.74, 6) is 0. The topological polar surface area (TPSA) is 32.3 Å². The smallest absolute Gasteiger partial charge is 0.0555 e. The average Bonchev–Trinajstić information content (AvgIpc) is 2.03. The third kappa shape index (κ3) is 2.11. The normalized spacial score (nSPS) is 13.0. The zero-order valence-corrected chi connectivity index (χ0v) is 8.02. The van der Waals surface area contributed by atoms with E-state index in [4.69, 9.17) is 28.4 Å². The summed E-state index contributed by atoms with van der Waals surface area (Å²) >= 11 is 11.6. The summed E-state index contributed by atoms with van der Waals surface area (Å²) in [6.07, 6.45) is 0. The molecule has 0 amide bonds. The van der Waals surface area contributed by atoms with Crippen molar-refractivity contribution in [3.63, 3.8) is 0 Å². The molecule has 0 aliphatic carbocycles. The van der Waals surface area contributed by atoms with Gasteiger partial charge < -0.3 is 5.21 Å². The van der Waals surface area contributed by atoms with Gasteiger partial charge in [0.1, 0.15) is 0 Å². The predicted octanol–water partition coefficient (Wildman–Crippen LogP) is 3.03. The van der Waals surface area contributed by atoms with Crippen LogP contribution in [-0.4, -0.2) is 5.21 Å². The van der Waals surface area contributed by atoms with E-state index in [0.29, 0.717) is 10.0 Å². The van der Waals surface area contributed by atoms with Gasteiger partial charge in [0, 0.05) is 10.0 Å². The van der Waals surface area contributed by atoms with Crippen LogP contribution < -0.4 is 5.48 Å². The number of nitrogens with one attached hydrogen (secondary N) is 1. The van der Waals surface area contributed by atoms with Crippen molar-refractivity contribution < 1.29 is 5.21 Å². The average molecular weight is 206 g/mol. The quantitative estimate of drug-likeness (QED) is 0.729. The zero-order valence-electron chi connectivity index (χ0n) is 6.51. The van der Waals surface area contributed by atoms with Crippen LogP contribution in [0.25, 0.3) is 0 Å². The van der Waals surface area contributed by atoms with Gasteiger partial charge in [-0.15, -0.1) is 0 Å². The first-order chi connectivity index (χ1) is 5.65. The van der Waals surface area contributed by atoms with E-state index in [1.165, 1.54) is 0 Å². The Bertz CT molecular complexity index is 278. The van der Waals surface area contributed by atoms with Crippen LogP contribution in [0.4, 0.5) is 0 Å². The number of hydroxylamine groups is 1. The highest BCUT2D eigenvalue weighted by molar-refractivity contribution is 6.35. The number of hydrogen-bond acceptors (Lipinski definition) is 2. The zero-order chi connectivity index (χ0) is 9.14. The minimum Gasteiger partial charge on any atom is -0.316 e. The fraction of sp³-hybridized carbons (Fsp3) is 0.250. The molecule has 0 radical (unpaired) electrons. The summed E-state index contributed by atoms with van der Waals surface area (Å²) in [5.41, 5.74) is 2.94. The Labute approximate surface area is 81.1 Å². The van der Waals surface area contributed by atoms with Crippen molar-refractivity contribution in [2.45, 2.75) is 13.0 Å². The maximum atomic E-state index is 8.64. The van der Waals surface area contributed by atoms with Gasteiger partial charge in [-0.3, -0.25) is 0 Å². The molecule has 0 saturated heterocycles. The molecule has 4 heteroatoms. The molecule has 0 saturated carbocycles. The lowest BCUT2D eigenvalue weighted by Crippen LogP contribution is -2.13. The Morgan fingerprint density at radius 3 is 2.58 bits per heavy atom. The van der Waals surface area contributed by atoms with E-state index >= 15 is 0 Å². The molecule has 0 spiro atoms. The lowest BCUT2D eigenvalue weighted by molar-refractivity contribution is 0.133. The van der Waals surface area contributed by atoms with Crippen LogP contribution in [0.5, 0.6) is 0 Å². The van der Waals surface area contributed by atoms with Crippen LogP contribution in [-0.2, 0) is 0 Å². The molecule has 2 nitrogen and oxygen atoms in total. The van der Waals surface area contributed by atoms with Gasteiger partial charge in [0.2, 0.25) is 0 Å². The van der Waals surface area contributed by atoms with Gasteiger partial charge in [-0.1, -0.05) is 29.3 Å². The van der Waals surface area contributed by atoms with Gasteiger partial charge in [-0.25, -0.2) is 0 Å². The van der Waals surface area contributed by atoms with E-state index < -0.39 is 0 Å². The van der Waals surface area contributed by atoms with Gasteiger partial charge in [0.25, 0.3) is 0 Å². The molecule has 0 heterocycles. The van der Waals surface area contributed by atoms with Crippen molar-refractivity contribution in [2.75, 3.05) is 0 Å². The van der Waals surface area contributed by atoms with E-state index in [-0.39, 0.29) is 6.04 Å². The van der Waals surface area contributed by atoms with E-state index in [0.717, 1.165) is 5.56 Å². The summed E-state index contributed by atoms with van der Waals surface area (Å²) < 4.78 is 0. The maximum Gasteiger partial charge on any atom is 0.0555 e. The summed E-state index contributed by atoms with van der Waals surface area (Å²) in [5, 5.41) is 9.78. The predicted molar refractivity (Wildman–Crippen MR) is 49.8 cm³/mol. The van der Waals surface area contributed by atoms with Gasteiger partial charge in [0.05, 0.1) is 6.04 Å². The van der Waals surface area contributed by atoms with Crippen molar-refractivity contribution in [2.24, 2.45) is 0 Å². The highest BCUT2D eigenvalue weighted by atomic mass is 35.5. The number of rotatable bonds is 2. The molecule has 0 aromatic heterocycles. The first-order valence-electron chi connectivity index (χ1n) is 3.49.